The maximum atomic E-state index is 17.0. The van der Waals surface area contributed by atoms with Gasteiger partial charge in [-0.2, -0.15) is 9.97 Å². The summed E-state index contributed by atoms with van der Waals surface area (Å²) in [6.07, 6.45) is 0.371. The average molecular weight is 1090 g/mol. The monoisotopic (exact) mass is 1090 g/mol. The lowest BCUT2D eigenvalue weighted by molar-refractivity contribution is -0.144. The molecule has 3 amide bonds. The van der Waals surface area contributed by atoms with Gasteiger partial charge in [0.2, 0.25) is 17.7 Å². The maximum Gasteiger partial charge on any atom is 0.319 e. The van der Waals surface area contributed by atoms with Crippen LogP contribution < -0.4 is 25.6 Å². The lowest BCUT2D eigenvalue weighted by Crippen LogP contribution is -2.58. The molecule has 0 radical (unpaired) electrons. The molecule has 0 unspecified atom stereocenters. The molecule has 17 nitrogen and oxygen atoms in total. The third-order valence-corrected chi connectivity index (χ3v) is 15.9. The SMILES string of the molecule is Cc1ncsc1-c1ccc([C@H](C)NC(=O)[C@@H]2C[C@@H](O)CN2C(=O)[C@@H](NC(=O)COCCOC2CCN(C[C@@H](C)Oc3nc(N4CCNCC4)c4cc(Cl)c(-c5cc(O)cc6ccccc56)c(F)c4n3)CC2)C(C)(C)C)cc1. The van der Waals surface area contributed by atoms with E-state index in [1.54, 1.807) is 23.5 Å². The topological polar surface area (TPSA) is 204 Å². The fourth-order valence-electron chi connectivity index (χ4n) is 10.6. The molecule has 3 fully saturated rings. The number of nitrogens with one attached hydrogen (secondary N) is 3. The molecule has 6 aromatic rings. The van der Waals surface area contributed by atoms with E-state index in [4.69, 9.17) is 30.8 Å². The zero-order chi connectivity index (χ0) is 54.5. The normalized spacial score (nSPS) is 18.9. The molecule has 3 aliphatic rings. The van der Waals surface area contributed by atoms with Crippen LogP contribution >= 0.6 is 22.9 Å². The average Bonchev–Trinajstić information content (AvgIpc) is 4.05. The molecule has 77 heavy (non-hydrogen) atoms. The molecule has 5 atom stereocenters. The highest BCUT2D eigenvalue weighted by Crippen LogP contribution is 2.43. The van der Waals surface area contributed by atoms with Gasteiger partial charge in [-0.05, 0) is 84.7 Å². The first-order chi connectivity index (χ1) is 36.9. The summed E-state index contributed by atoms with van der Waals surface area (Å²) in [6.45, 7) is 16.3. The number of aliphatic hydroxyl groups is 1. The van der Waals surface area contributed by atoms with Crippen molar-refractivity contribution < 1.29 is 43.2 Å². The van der Waals surface area contributed by atoms with E-state index < -0.39 is 41.2 Å². The Kier molecular flexibility index (Phi) is 17.6. The van der Waals surface area contributed by atoms with Gasteiger partial charge in [0.15, 0.2) is 5.82 Å². The number of halogens is 2. The highest BCUT2D eigenvalue weighted by Gasteiger charge is 2.45. The van der Waals surface area contributed by atoms with Crippen LogP contribution in [0.3, 0.4) is 0 Å². The number of aromatic nitrogens is 3. The number of aromatic hydroxyl groups is 1. The Bertz CT molecular complexity index is 3070. The summed E-state index contributed by atoms with van der Waals surface area (Å²) < 4.78 is 35.2. The molecule has 0 spiro atoms. The van der Waals surface area contributed by atoms with Crippen LogP contribution in [0, 0.1) is 18.2 Å². The highest BCUT2D eigenvalue weighted by atomic mass is 35.5. The molecule has 0 bridgehead atoms. The van der Waals surface area contributed by atoms with Crippen molar-refractivity contribution in [1.29, 1.82) is 0 Å². The first-order valence-corrected chi connectivity index (χ1v) is 27.7. The third-order valence-electron chi connectivity index (χ3n) is 14.6. The van der Waals surface area contributed by atoms with Crippen LogP contribution in [0.25, 0.3) is 43.2 Å². The second kappa shape index (κ2) is 24.3. The van der Waals surface area contributed by atoms with E-state index in [2.05, 4.69) is 35.7 Å². The number of piperazine rings is 1. The number of amides is 3. The number of aryl methyl sites for hydroxylation is 1. The number of fused-ring (bicyclic) bond motifs is 2. The standard InChI is InChI=1S/C57H69ClFN9O8S/c1-33(76-56-64-50-44(53(65-56)67-21-17-60-18-22-67)28-45(58)48(49(50)59)43-26-39(69)25-38-9-7-8-10-42(38)43)29-66-19-15-41(16-20-66)75-24-23-74-31-47(71)63-52(57(4,5)6)55(73)68-30-40(70)27-46(68)54(72)62-34(2)36-11-13-37(14-12-36)51-35(3)61-32-77-51/h7-14,25-26,28,32-34,40-41,46,52,60,69-70H,15-24,27,29-31H2,1-6H3,(H,62,72)(H,63,71)/t33-,34+,40-,46+,52-/m1/s1. The quantitative estimate of drug-likeness (QED) is 0.0532. The minimum Gasteiger partial charge on any atom is -0.508 e. The fourth-order valence-corrected chi connectivity index (χ4v) is 11.7. The number of nitrogens with zero attached hydrogens (tertiary/aromatic N) is 6. The zero-order valence-electron chi connectivity index (χ0n) is 44.5. The van der Waals surface area contributed by atoms with E-state index in [0.717, 1.165) is 71.5 Å². The predicted octanol–water partition coefficient (Wildman–Crippen LogP) is 7.42. The number of benzene rings is 4. The van der Waals surface area contributed by atoms with Crippen LogP contribution in [-0.4, -0.2) is 155 Å². The minimum absolute atomic E-state index is 0.00625. The Morgan fingerprint density at radius 1 is 0.961 bits per heavy atom. The molecule has 3 saturated heterocycles. The molecule has 4 aromatic carbocycles. The summed E-state index contributed by atoms with van der Waals surface area (Å²) in [4.78, 5) is 61.9. The molecular formula is C57H69ClFN9O8S. The predicted molar refractivity (Wildman–Crippen MR) is 297 cm³/mol. The zero-order valence-corrected chi connectivity index (χ0v) is 46.1. The van der Waals surface area contributed by atoms with Crippen molar-refractivity contribution >= 4 is 68.2 Å². The molecule has 2 aromatic heterocycles. The van der Waals surface area contributed by atoms with Crippen LogP contribution in [-0.2, 0) is 23.9 Å². The number of β-amino-alcohol motifs (C(OH)–C–C–N with tert-alkyl or cyclic N) is 1. The summed E-state index contributed by atoms with van der Waals surface area (Å²) in [6, 6.07) is 18.0. The number of phenolic OH excluding ortho intramolecular Hbond substituents is 1. The van der Waals surface area contributed by atoms with E-state index >= 15 is 4.39 Å². The number of carbonyl (C=O) groups is 3. The van der Waals surface area contributed by atoms with E-state index in [9.17, 15) is 24.6 Å². The fraction of sp³-hybridized carbons (Fsp3) is 0.474. The van der Waals surface area contributed by atoms with Gasteiger partial charge in [-0.25, -0.2) is 9.37 Å². The van der Waals surface area contributed by atoms with Gasteiger partial charge in [0.1, 0.15) is 41.9 Å². The van der Waals surface area contributed by atoms with Gasteiger partial charge < -0.3 is 50.2 Å². The Labute approximate surface area is 457 Å². The number of hydrogen-bond donors (Lipinski definition) is 5. The number of hydrogen-bond acceptors (Lipinski definition) is 15. The van der Waals surface area contributed by atoms with Gasteiger partial charge in [-0.1, -0.05) is 80.9 Å². The largest absolute Gasteiger partial charge is 0.508 e. The van der Waals surface area contributed by atoms with Crippen molar-refractivity contribution in [2.45, 2.75) is 97.2 Å². The lowest BCUT2D eigenvalue weighted by Gasteiger charge is -2.35. The molecule has 5 heterocycles. The molecule has 410 valence electrons. The number of piperidine rings is 1. The lowest BCUT2D eigenvalue weighted by atomic mass is 9.85. The summed E-state index contributed by atoms with van der Waals surface area (Å²) in [5.41, 5.74) is 4.66. The molecule has 5 N–H and O–H groups in total. The third kappa shape index (κ3) is 13.1. The first kappa shape index (κ1) is 55.7. The van der Waals surface area contributed by atoms with Crippen molar-refractivity contribution in [3.8, 4) is 33.3 Å². The summed E-state index contributed by atoms with van der Waals surface area (Å²) in [7, 11) is 0. The highest BCUT2D eigenvalue weighted by molar-refractivity contribution is 7.13. The summed E-state index contributed by atoms with van der Waals surface area (Å²) in [5, 5.41) is 32.7. The number of thiazole rings is 1. The van der Waals surface area contributed by atoms with E-state index in [0.29, 0.717) is 36.4 Å². The molecule has 20 heteroatoms. The van der Waals surface area contributed by atoms with Crippen molar-refractivity contribution in [3.05, 3.63) is 94.3 Å². The maximum absolute atomic E-state index is 17.0. The van der Waals surface area contributed by atoms with Crippen molar-refractivity contribution in [3.63, 3.8) is 0 Å². The number of rotatable bonds is 18. The number of ether oxygens (including phenoxy) is 3. The Morgan fingerprint density at radius 3 is 2.42 bits per heavy atom. The number of aliphatic hydroxyl groups excluding tert-OH is 1. The number of likely N-dealkylation sites (tertiary alicyclic amines) is 2. The summed E-state index contributed by atoms with van der Waals surface area (Å²) in [5.74, 6) is -1.40. The van der Waals surface area contributed by atoms with Crippen LogP contribution in [0.2, 0.25) is 5.02 Å². The second-order valence-electron chi connectivity index (χ2n) is 21.5. The first-order valence-electron chi connectivity index (χ1n) is 26.5. The van der Waals surface area contributed by atoms with Gasteiger partial charge in [0, 0.05) is 69.7 Å². The van der Waals surface area contributed by atoms with Crippen molar-refractivity contribution in [2.75, 3.05) is 77.1 Å². The number of carbonyl (C=O) groups excluding carboxylic acids is 3. The second-order valence-corrected chi connectivity index (χ2v) is 22.7. The van der Waals surface area contributed by atoms with Crippen LogP contribution in [0.15, 0.2) is 72.2 Å². The van der Waals surface area contributed by atoms with E-state index in [1.165, 1.54) is 11.0 Å². The van der Waals surface area contributed by atoms with E-state index in [-0.39, 0.29) is 84.8 Å². The molecule has 0 aliphatic carbocycles. The molecule has 9 rings (SSSR count). The van der Waals surface area contributed by atoms with Gasteiger partial charge in [0.05, 0.1) is 52.6 Å². The molecular weight excluding hydrogens is 1030 g/mol. The van der Waals surface area contributed by atoms with Crippen molar-refractivity contribution in [1.82, 2.24) is 40.7 Å². The Balaban J connectivity index is 0.739. The van der Waals surface area contributed by atoms with Gasteiger partial charge >= 0.3 is 6.01 Å². The van der Waals surface area contributed by atoms with Crippen LogP contribution in [0.4, 0.5) is 10.2 Å². The Hall–Kier alpha value is -6.06. The summed E-state index contributed by atoms with van der Waals surface area (Å²) >= 11 is 8.47. The van der Waals surface area contributed by atoms with Gasteiger partial charge in [-0.15, -0.1) is 11.3 Å². The van der Waals surface area contributed by atoms with E-state index in [1.807, 2.05) is 95.6 Å². The van der Waals surface area contributed by atoms with Crippen molar-refractivity contribution in [2.24, 2.45) is 5.41 Å². The van der Waals surface area contributed by atoms with Crippen LogP contribution in [0.1, 0.15) is 71.2 Å². The smallest absolute Gasteiger partial charge is 0.319 e. The minimum atomic E-state index is -0.988. The number of anilines is 1. The molecule has 3 aliphatic heterocycles. The van der Waals surface area contributed by atoms with Gasteiger partial charge in [0.25, 0.3) is 0 Å². The molecule has 0 saturated carbocycles. The Morgan fingerprint density at radius 2 is 1.70 bits per heavy atom. The number of phenols is 1. The van der Waals surface area contributed by atoms with Gasteiger partial charge in [-0.3, -0.25) is 19.3 Å². The van der Waals surface area contributed by atoms with Crippen LogP contribution in [0.5, 0.6) is 11.8 Å².